The summed E-state index contributed by atoms with van der Waals surface area (Å²) in [5.41, 5.74) is -0.194. The number of carbonyl (C=O) groups excluding carboxylic acids is 2. The Morgan fingerprint density at radius 3 is 2.42 bits per heavy atom. The molecule has 19 heavy (non-hydrogen) atoms. The Kier molecular flexibility index (Phi) is 4.42. The average molecular weight is 270 g/mol. The van der Waals surface area contributed by atoms with Gasteiger partial charge in [-0.3, -0.25) is 9.59 Å². The standard InChI is InChI=1S/C13H22N2O4/c1-13(8-14-9-13)19-7-11(16)15-5-3-10(4-6-15)12(17)18-2/h10,14H,3-9H2,1-2H3. The van der Waals surface area contributed by atoms with Gasteiger partial charge in [0.2, 0.25) is 5.91 Å². The van der Waals surface area contributed by atoms with Gasteiger partial charge in [-0.2, -0.15) is 0 Å². The monoisotopic (exact) mass is 270 g/mol. The van der Waals surface area contributed by atoms with Crippen LogP contribution in [0.1, 0.15) is 19.8 Å². The van der Waals surface area contributed by atoms with E-state index >= 15 is 0 Å². The van der Waals surface area contributed by atoms with Crippen molar-refractivity contribution in [2.75, 3.05) is 39.9 Å². The molecule has 2 heterocycles. The summed E-state index contributed by atoms with van der Waals surface area (Å²) in [6.45, 7) is 4.94. The van der Waals surface area contributed by atoms with Crippen molar-refractivity contribution in [3.8, 4) is 0 Å². The van der Waals surface area contributed by atoms with Crippen molar-refractivity contribution in [2.24, 2.45) is 5.92 Å². The van der Waals surface area contributed by atoms with Gasteiger partial charge < -0.3 is 19.7 Å². The lowest BCUT2D eigenvalue weighted by Gasteiger charge is -2.39. The highest BCUT2D eigenvalue weighted by Gasteiger charge is 2.34. The lowest BCUT2D eigenvalue weighted by atomic mass is 9.97. The van der Waals surface area contributed by atoms with Gasteiger partial charge in [0.1, 0.15) is 6.61 Å². The van der Waals surface area contributed by atoms with Crippen LogP contribution in [-0.2, 0) is 19.1 Å². The Labute approximate surface area is 113 Å². The Morgan fingerprint density at radius 1 is 1.32 bits per heavy atom. The van der Waals surface area contributed by atoms with Gasteiger partial charge >= 0.3 is 5.97 Å². The molecule has 2 saturated heterocycles. The number of nitrogens with one attached hydrogen (secondary N) is 1. The fourth-order valence-electron chi connectivity index (χ4n) is 2.44. The first-order chi connectivity index (χ1) is 9.04. The average Bonchev–Trinajstić information content (AvgIpc) is 2.42. The van der Waals surface area contributed by atoms with Gasteiger partial charge in [0.05, 0.1) is 18.6 Å². The van der Waals surface area contributed by atoms with Crippen LogP contribution in [0.3, 0.4) is 0 Å². The zero-order valence-corrected chi connectivity index (χ0v) is 11.6. The predicted octanol–water partition coefficient (Wildman–Crippen LogP) is -0.223. The number of carbonyl (C=O) groups is 2. The van der Waals surface area contributed by atoms with Crippen LogP contribution in [0.5, 0.6) is 0 Å². The smallest absolute Gasteiger partial charge is 0.308 e. The predicted molar refractivity (Wildman–Crippen MR) is 68.5 cm³/mol. The first-order valence-electron chi connectivity index (χ1n) is 6.74. The zero-order valence-electron chi connectivity index (χ0n) is 11.6. The van der Waals surface area contributed by atoms with Crippen LogP contribution in [0.2, 0.25) is 0 Å². The molecule has 0 aromatic rings. The second-order valence-electron chi connectivity index (χ2n) is 5.52. The minimum absolute atomic E-state index is 0.0106. The molecule has 2 rings (SSSR count). The van der Waals surface area contributed by atoms with Crippen molar-refractivity contribution >= 4 is 11.9 Å². The van der Waals surface area contributed by atoms with Crippen molar-refractivity contribution < 1.29 is 19.1 Å². The summed E-state index contributed by atoms with van der Waals surface area (Å²) in [7, 11) is 1.40. The van der Waals surface area contributed by atoms with Crippen molar-refractivity contribution in [3.63, 3.8) is 0 Å². The second kappa shape index (κ2) is 5.88. The molecule has 0 unspecified atom stereocenters. The molecule has 2 aliphatic rings. The molecule has 0 spiro atoms. The number of likely N-dealkylation sites (tertiary alicyclic amines) is 1. The van der Waals surface area contributed by atoms with Crippen LogP contribution >= 0.6 is 0 Å². The molecule has 6 nitrogen and oxygen atoms in total. The van der Waals surface area contributed by atoms with E-state index in [9.17, 15) is 9.59 Å². The molecule has 2 aliphatic heterocycles. The van der Waals surface area contributed by atoms with E-state index in [-0.39, 0.29) is 30.0 Å². The highest BCUT2D eigenvalue weighted by molar-refractivity contribution is 5.78. The van der Waals surface area contributed by atoms with E-state index in [4.69, 9.17) is 9.47 Å². The largest absolute Gasteiger partial charge is 0.469 e. The molecule has 0 aromatic heterocycles. The van der Waals surface area contributed by atoms with Crippen molar-refractivity contribution in [1.82, 2.24) is 10.2 Å². The Bertz CT molecular complexity index is 347. The summed E-state index contributed by atoms with van der Waals surface area (Å²) in [6.07, 6.45) is 1.36. The molecule has 0 bridgehead atoms. The highest BCUT2D eigenvalue weighted by Crippen LogP contribution is 2.19. The summed E-state index contributed by atoms with van der Waals surface area (Å²) < 4.78 is 10.4. The van der Waals surface area contributed by atoms with E-state index in [0.717, 1.165) is 13.1 Å². The van der Waals surface area contributed by atoms with Gasteiger partial charge in [-0.05, 0) is 19.8 Å². The number of ether oxygens (including phenoxy) is 2. The molecule has 0 aliphatic carbocycles. The van der Waals surface area contributed by atoms with Gasteiger partial charge in [-0.15, -0.1) is 0 Å². The fourth-order valence-corrected chi connectivity index (χ4v) is 2.44. The third-order valence-electron chi connectivity index (χ3n) is 3.92. The molecule has 108 valence electrons. The number of esters is 1. The van der Waals surface area contributed by atoms with Gasteiger partial charge in [0.25, 0.3) is 0 Å². The molecular weight excluding hydrogens is 248 g/mol. The molecule has 0 atom stereocenters. The fraction of sp³-hybridized carbons (Fsp3) is 0.846. The molecular formula is C13H22N2O4. The Morgan fingerprint density at radius 2 is 1.95 bits per heavy atom. The first kappa shape index (κ1) is 14.3. The topological polar surface area (TPSA) is 67.9 Å². The minimum Gasteiger partial charge on any atom is -0.469 e. The number of piperidine rings is 1. The third-order valence-corrected chi connectivity index (χ3v) is 3.92. The number of nitrogens with zero attached hydrogens (tertiary/aromatic N) is 1. The van der Waals surface area contributed by atoms with E-state index in [2.05, 4.69) is 5.32 Å². The molecule has 6 heteroatoms. The maximum Gasteiger partial charge on any atom is 0.308 e. The number of hydrogen-bond donors (Lipinski definition) is 1. The lowest BCUT2D eigenvalue weighted by Crippen LogP contribution is -2.59. The molecule has 2 fully saturated rings. The van der Waals surface area contributed by atoms with E-state index in [1.165, 1.54) is 7.11 Å². The van der Waals surface area contributed by atoms with Crippen LogP contribution in [0.4, 0.5) is 0 Å². The second-order valence-corrected chi connectivity index (χ2v) is 5.52. The van der Waals surface area contributed by atoms with Gasteiger partial charge in [0, 0.05) is 26.2 Å². The van der Waals surface area contributed by atoms with Crippen LogP contribution in [0.25, 0.3) is 0 Å². The van der Waals surface area contributed by atoms with Gasteiger partial charge in [-0.25, -0.2) is 0 Å². The molecule has 0 radical (unpaired) electrons. The van der Waals surface area contributed by atoms with Crippen molar-refractivity contribution in [1.29, 1.82) is 0 Å². The first-order valence-corrected chi connectivity index (χ1v) is 6.74. The number of hydrogen-bond acceptors (Lipinski definition) is 5. The Balaban J connectivity index is 1.71. The van der Waals surface area contributed by atoms with Crippen LogP contribution in [0, 0.1) is 5.92 Å². The Hall–Kier alpha value is -1.14. The van der Waals surface area contributed by atoms with E-state index in [0.29, 0.717) is 25.9 Å². The minimum atomic E-state index is -0.194. The normalized spacial score (nSPS) is 22.7. The number of rotatable bonds is 4. The quantitative estimate of drug-likeness (QED) is 0.715. The van der Waals surface area contributed by atoms with Crippen molar-refractivity contribution in [3.05, 3.63) is 0 Å². The van der Waals surface area contributed by atoms with E-state index in [1.807, 2.05) is 6.92 Å². The van der Waals surface area contributed by atoms with E-state index < -0.39 is 0 Å². The third kappa shape index (κ3) is 3.45. The lowest BCUT2D eigenvalue weighted by molar-refractivity contribution is -0.152. The number of amides is 1. The van der Waals surface area contributed by atoms with E-state index in [1.54, 1.807) is 4.90 Å². The summed E-state index contributed by atoms with van der Waals surface area (Å²) in [4.78, 5) is 25.2. The van der Waals surface area contributed by atoms with Crippen LogP contribution < -0.4 is 5.32 Å². The van der Waals surface area contributed by atoms with Crippen LogP contribution in [0.15, 0.2) is 0 Å². The van der Waals surface area contributed by atoms with Gasteiger partial charge in [0.15, 0.2) is 0 Å². The highest BCUT2D eigenvalue weighted by atomic mass is 16.5. The number of methoxy groups -OCH3 is 1. The summed E-state index contributed by atoms with van der Waals surface area (Å²) in [5, 5.41) is 3.13. The SMILES string of the molecule is COC(=O)C1CCN(C(=O)COC2(C)CNC2)CC1. The van der Waals surface area contributed by atoms with Crippen LogP contribution in [-0.4, -0.2) is 62.3 Å². The maximum absolute atomic E-state index is 12.0. The van der Waals surface area contributed by atoms with Gasteiger partial charge in [-0.1, -0.05) is 0 Å². The molecule has 0 aromatic carbocycles. The maximum atomic E-state index is 12.0. The summed E-state index contributed by atoms with van der Waals surface area (Å²) >= 11 is 0. The molecule has 1 amide bonds. The molecule has 1 N–H and O–H groups in total. The molecule has 0 saturated carbocycles. The zero-order chi connectivity index (χ0) is 13.9. The van der Waals surface area contributed by atoms with Crippen molar-refractivity contribution in [2.45, 2.75) is 25.4 Å². The summed E-state index contributed by atoms with van der Waals surface area (Å²) in [6, 6.07) is 0. The summed E-state index contributed by atoms with van der Waals surface area (Å²) in [5.74, 6) is -0.226.